The third-order valence-corrected chi connectivity index (χ3v) is 3.49. The Morgan fingerprint density at radius 2 is 2.00 bits per heavy atom. The average Bonchev–Trinajstić information content (AvgIpc) is 2.32. The lowest BCUT2D eigenvalue weighted by Crippen LogP contribution is -2.04. The topological polar surface area (TPSA) is 17.1 Å². The summed E-state index contributed by atoms with van der Waals surface area (Å²) < 4.78 is 13.5. The number of carbonyl (C=O) groups excluding carboxylic acids is 1. The van der Waals surface area contributed by atoms with Gasteiger partial charge in [-0.3, -0.25) is 4.79 Å². The van der Waals surface area contributed by atoms with Crippen LogP contribution in [0, 0.1) is 5.82 Å². The number of hydrogen-bond donors (Lipinski definition) is 0. The van der Waals surface area contributed by atoms with E-state index in [0.29, 0.717) is 15.1 Å². The normalized spacial score (nSPS) is 10.4. The van der Waals surface area contributed by atoms with Gasteiger partial charge in [-0.15, -0.1) is 0 Å². The Balaban J connectivity index is 2.21. The Labute approximate surface area is 118 Å². The van der Waals surface area contributed by atoms with Crippen LogP contribution >= 0.6 is 27.5 Å². The molecule has 0 heterocycles. The van der Waals surface area contributed by atoms with Crippen molar-refractivity contribution in [2.75, 3.05) is 0 Å². The number of ketones is 1. The lowest BCUT2D eigenvalue weighted by Gasteiger charge is -2.04. The molecule has 0 aliphatic rings. The molecule has 0 N–H and O–H groups in total. The van der Waals surface area contributed by atoms with Gasteiger partial charge in [0.1, 0.15) is 5.82 Å². The minimum Gasteiger partial charge on any atom is -0.294 e. The summed E-state index contributed by atoms with van der Waals surface area (Å²) in [6.45, 7) is 0. The van der Waals surface area contributed by atoms with Crippen molar-refractivity contribution in [3.63, 3.8) is 0 Å². The van der Waals surface area contributed by atoms with Gasteiger partial charge in [0.25, 0.3) is 0 Å². The number of halogens is 3. The van der Waals surface area contributed by atoms with Gasteiger partial charge in [-0.05, 0) is 29.8 Å². The van der Waals surface area contributed by atoms with E-state index in [2.05, 4.69) is 15.9 Å². The SMILES string of the molecule is O=C(Cc1ccc(F)cc1Br)c1cccc(Cl)c1. The predicted molar refractivity (Wildman–Crippen MR) is 73.6 cm³/mol. The van der Waals surface area contributed by atoms with Crippen LogP contribution in [-0.2, 0) is 6.42 Å². The Morgan fingerprint density at radius 3 is 2.67 bits per heavy atom. The van der Waals surface area contributed by atoms with Crippen LogP contribution in [0.1, 0.15) is 15.9 Å². The first kappa shape index (κ1) is 13.2. The van der Waals surface area contributed by atoms with Gasteiger partial charge in [0.2, 0.25) is 0 Å². The molecule has 0 amide bonds. The second kappa shape index (κ2) is 5.63. The van der Waals surface area contributed by atoms with Crippen molar-refractivity contribution in [2.24, 2.45) is 0 Å². The molecule has 0 radical (unpaired) electrons. The molecule has 0 aliphatic heterocycles. The lowest BCUT2D eigenvalue weighted by atomic mass is 10.0. The molecule has 0 aliphatic carbocycles. The van der Waals surface area contributed by atoms with E-state index in [4.69, 9.17) is 11.6 Å². The molecule has 0 saturated heterocycles. The van der Waals surface area contributed by atoms with Crippen LogP contribution in [0.25, 0.3) is 0 Å². The highest BCUT2D eigenvalue weighted by atomic mass is 79.9. The largest absolute Gasteiger partial charge is 0.294 e. The molecular weight excluding hydrogens is 319 g/mol. The predicted octanol–water partition coefficient (Wildman–Crippen LogP) is 4.67. The molecule has 92 valence electrons. The van der Waals surface area contributed by atoms with Crippen molar-refractivity contribution < 1.29 is 9.18 Å². The van der Waals surface area contributed by atoms with Gasteiger partial charge in [-0.1, -0.05) is 45.7 Å². The minimum atomic E-state index is -0.333. The molecule has 18 heavy (non-hydrogen) atoms. The van der Waals surface area contributed by atoms with Crippen LogP contribution in [0.4, 0.5) is 4.39 Å². The summed E-state index contributed by atoms with van der Waals surface area (Å²) >= 11 is 9.08. The zero-order valence-electron chi connectivity index (χ0n) is 9.29. The van der Waals surface area contributed by atoms with Gasteiger partial charge in [-0.2, -0.15) is 0 Å². The van der Waals surface area contributed by atoms with Crippen molar-refractivity contribution >= 4 is 33.3 Å². The summed E-state index contributed by atoms with van der Waals surface area (Å²) in [4.78, 5) is 12.0. The second-order valence-electron chi connectivity index (χ2n) is 3.85. The fraction of sp³-hybridized carbons (Fsp3) is 0.0714. The molecule has 1 nitrogen and oxygen atoms in total. The fourth-order valence-corrected chi connectivity index (χ4v) is 2.28. The Morgan fingerprint density at radius 1 is 1.22 bits per heavy atom. The van der Waals surface area contributed by atoms with E-state index in [1.165, 1.54) is 12.1 Å². The summed E-state index contributed by atoms with van der Waals surface area (Å²) in [5.41, 5.74) is 1.31. The van der Waals surface area contributed by atoms with Gasteiger partial charge >= 0.3 is 0 Å². The molecule has 4 heteroatoms. The standard InChI is InChI=1S/C14H9BrClFO/c15-13-8-12(17)5-4-9(13)7-14(18)10-2-1-3-11(16)6-10/h1-6,8H,7H2. The average molecular weight is 328 g/mol. The Hall–Kier alpha value is -1.19. The zero-order valence-corrected chi connectivity index (χ0v) is 11.6. The first-order chi connectivity index (χ1) is 8.56. The van der Waals surface area contributed by atoms with Gasteiger partial charge in [0.05, 0.1) is 0 Å². The molecule has 2 rings (SSSR count). The van der Waals surface area contributed by atoms with Crippen LogP contribution in [0.2, 0.25) is 5.02 Å². The third-order valence-electron chi connectivity index (χ3n) is 2.51. The van der Waals surface area contributed by atoms with Crippen molar-refractivity contribution in [3.8, 4) is 0 Å². The molecule has 0 aromatic heterocycles. The number of carbonyl (C=O) groups is 1. The first-order valence-electron chi connectivity index (χ1n) is 5.29. The Kier molecular flexibility index (Phi) is 4.15. The maximum Gasteiger partial charge on any atom is 0.167 e. The number of benzene rings is 2. The first-order valence-corrected chi connectivity index (χ1v) is 6.46. The maximum absolute atomic E-state index is 12.9. The van der Waals surface area contributed by atoms with Crippen molar-refractivity contribution in [3.05, 3.63) is 68.9 Å². The van der Waals surface area contributed by atoms with Crippen molar-refractivity contribution in [2.45, 2.75) is 6.42 Å². The number of Topliss-reactive ketones (excluding diaryl/α,β-unsaturated/α-hetero) is 1. The maximum atomic E-state index is 12.9. The summed E-state index contributed by atoms with van der Waals surface area (Å²) in [5, 5.41) is 0.527. The third kappa shape index (κ3) is 3.18. The van der Waals surface area contributed by atoms with Crippen LogP contribution in [-0.4, -0.2) is 5.78 Å². The molecule has 2 aromatic rings. The van der Waals surface area contributed by atoms with E-state index in [9.17, 15) is 9.18 Å². The second-order valence-corrected chi connectivity index (χ2v) is 5.14. The van der Waals surface area contributed by atoms with Crippen LogP contribution in [0.15, 0.2) is 46.9 Å². The molecular formula is C14H9BrClFO. The van der Waals surface area contributed by atoms with Gasteiger partial charge in [0, 0.05) is 21.5 Å². The van der Waals surface area contributed by atoms with E-state index in [1.54, 1.807) is 30.3 Å². The fourth-order valence-electron chi connectivity index (χ4n) is 1.60. The highest BCUT2D eigenvalue weighted by Crippen LogP contribution is 2.20. The molecule has 0 spiro atoms. The molecule has 0 atom stereocenters. The summed E-state index contributed by atoms with van der Waals surface area (Å²) in [6, 6.07) is 11.1. The van der Waals surface area contributed by atoms with E-state index in [1.807, 2.05) is 0 Å². The van der Waals surface area contributed by atoms with Crippen LogP contribution in [0.3, 0.4) is 0 Å². The highest BCUT2D eigenvalue weighted by molar-refractivity contribution is 9.10. The van der Waals surface area contributed by atoms with Crippen molar-refractivity contribution in [1.29, 1.82) is 0 Å². The van der Waals surface area contributed by atoms with Gasteiger partial charge < -0.3 is 0 Å². The van der Waals surface area contributed by atoms with E-state index in [0.717, 1.165) is 5.56 Å². The summed E-state index contributed by atoms with van der Waals surface area (Å²) in [5.74, 6) is -0.384. The molecule has 0 saturated carbocycles. The number of rotatable bonds is 3. The lowest BCUT2D eigenvalue weighted by molar-refractivity contribution is 0.0993. The zero-order chi connectivity index (χ0) is 13.1. The van der Waals surface area contributed by atoms with Crippen LogP contribution < -0.4 is 0 Å². The Bertz CT molecular complexity index is 598. The molecule has 2 aromatic carbocycles. The summed E-state index contributed by atoms with van der Waals surface area (Å²) in [7, 11) is 0. The van der Waals surface area contributed by atoms with E-state index >= 15 is 0 Å². The van der Waals surface area contributed by atoms with Gasteiger partial charge in [0.15, 0.2) is 5.78 Å². The highest BCUT2D eigenvalue weighted by Gasteiger charge is 2.10. The monoisotopic (exact) mass is 326 g/mol. The quantitative estimate of drug-likeness (QED) is 0.749. The van der Waals surface area contributed by atoms with Gasteiger partial charge in [-0.25, -0.2) is 4.39 Å². The number of hydrogen-bond acceptors (Lipinski definition) is 1. The van der Waals surface area contributed by atoms with E-state index in [-0.39, 0.29) is 18.0 Å². The van der Waals surface area contributed by atoms with Crippen LogP contribution in [0.5, 0.6) is 0 Å². The molecule has 0 bridgehead atoms. The molecule has 0 fully saturated rings. The van der Waals surface area contributed by atoms with Crippen molar-refractivity contribution in [1.82, 2.24) is 0 Å². The summed E-state index contributed by atoms with van der Waals surface area (Å²) in [6.07, 6.45) is 0.210. The smallest absolute Gasteiger partial charge is 0.167 e. The van der Waals surface area contributed by atoms with E-state index < -0.39 is 0 Å². The minimum absolute atomic E-state index is 0.0511. The molecule has 0 unspecified atom stereocenters.